The van der Waals surface area contributed by atoms with Crippen molar-refractivity contribution in [1.29, 1.82) is 0 Å². The van der Waals surface area contributed by atoms with E-state index in [9.17, 15) is 4.79 Å². The lowest BCUT2D eigenvalue weighted by Gasteiger charge is -2.25. The van der Waals surface area contributed by atoms with Crippen LogP contribution in [-0.4, -0.2) is 22.5 Å². The van der Waals surface area contributed by atoms with Gasteiger partial charge in [0, 0.05) is 24.2 Å². The van der Waals surface area contributed by atoms with E-state index in [1.54, 1.807) is 0 Å². The molecular weight excluding hydrogens is 254 g/mol. The highest BCUT2D eigenvalue weighted by Crippen LogP contribution is 2.35. The van der Waals surface area contributed by atoms with Gasteiger partial charge in [0.15, 0.2) is 5.82 Å². The lowest BCUT2D eigenvalue weighted by Crippen LogP contribution is -2.22. The third-order valence-electron chi connectivity index (χ3n) is 4.13. The van der Waals surface area contributed by atoms with Gasteiger partial charge in [-0.15, -0.1) is 0 Å². The Morgan fingerprint density at radius 1 is 1.35 bits per heavy atom. The van der Waals surface area contributed by atoms with Crippen LogP contribution in [-0.2, 0) is 4.79 Å². The maximum absolute atomic E-state index is 12.0. The summed E-state index contributed by atoms with van der Waals surface area (Å²) in [6, 6.07) is 0. The molecule has 1 fully saturated rings. The molecule has 0 spiro atoms. The van der Waals surface area contributed by atoms with Gasteiger partial charge >= 0.3 is 0 Å². The van der Waals surface area contributed by atoms with Crippen LogP contribution in [0, 0.1) is 5.92 Å². The smallest absolute Gasteiger partial charge is 0.229 e. The van der Waals surface area contributed by atoms with Crippen molar-refractivity contribution in [3.05, 3.63) is 11.7 Å². The molecule has 1 aromatic heterocycles. The molecule has 5 nitrogen and oxygen atoms in total. The van der Waals surface area contributed by atoms with Crippen molar-refractivity contribution in [3.8, 4) is 0 Å². The van der Waals surface area contributed by atoms with E-state index in [1.807, 2.05) is 13.8 Å². The van der Waals surface area contributed by atoms with E-state index in [2.05, 4.69) is 10.1 Å². The number of Topliss-reactive ketones (excluding diaryl/α,β-unsaturated/α-hetero) is 1. The molecule has 112 valence electrons. The molecule has 2 N–H and O–H groups in total. The Morgan fingerprint density at radius 2 is 2.05 bits per heavy atom. The quantitative estimate of drug-likeness (QED) is 0.865. The Hall–Kier alpha value is -1.23. The molecule has 1 aliphatic carbocycles. The fourth-order valence-corrected chi connectivity index (χ4v) is 2.80. The van der Waals surface area contributed by atoms with Crippen LogP contribution in [0.2, 0.25) is 0 Å². The first-order chi connectivity index (χ1) is 9.61. The number of carbonyl (C=O) groups excluding carboxylic acids is 1. The molecule has 0 radical (unpaired) electrons. The predicted octanol–water partition coefficient (Wildman–Crippen LogP) is 2.77. The second kappa shape index (κ2) is 6.97. The second-order valence-corrected chi connectivity index (χ2v) is 6.05. The summed E-state index contributed by atoms with van der Waals surface area (Å²) in [5, 5.41) is 4.09. The summed E-state index contributed by atoms with van der Waals surface area (Å²) < 4.78 is 5.26. The third-order valence-corrected chi connectivity index (χ3v) is 4.13. The summed E-state index contributed by atoms with van der Waals surface area (Å²) in [4.78, 5) is 16.5. The normalized spacial score (nSPS) is 23.2. The zero-order valence-electron chi connectivity index (χ0n) is 12.5. The van der Waals surface area contributed by atoms with Crippen molar-refractivity contribution in [1.82, 2.24) is 10.1 Å². The van der Waals surface area contributed by atoms with Crippen molar-refractivity contribution in [2.75, 3.05) is 6.54 Å². The van der Waals surface area contributed by atoms with E-state index in [4.69, 9.17) is 10.3 Å². The van der Waals surface area contributed by atoms with Crippen LogP contribution < -0.4 is 5.73 Å². The highest BCUT2D eigenvalue weighted by atomic mass is 16.5. The van der Waals surface area contributed by atoms with Crippen molar-refractivity contribution in [2.45, 2.75) is 64.2 Å². The first-order valence-electron chi connectivity index (χ1n) is 7.68. The average Bonchev–Trinajstić information content (AvgIpc) is 2.95. The van der Waals surface area contributed by atoms with Crippen LogP contribution in [0.1, 0.15) is 75.9 Å². The van der Waals surface area contributed by atoms with Crippen LogP contribution in [0.25, 0.3) is 0 Å². The number of carbonyl (C=O) groups is 1. The van der Waals surface area contributed by atoms with Gasteiger partial charge in [0.25, 0.3) is 0 Å². The maximum atomic E-state index is 12.0. The molecule has 0 amide bonds. The van der Waals surface area contributed by atoms with Gasteiger partial charge in [0.1, 0.15) is 5.78 Å². The lowest BCUT2D eigenvalue weighted by atomic mass is 9.79. The number of nitrogens with two attached hydrogens (primary N) is 1. The summed E-state index contributed by atoms with van der Waals surface area (Å²) >= 11 is 0. The molecule has 0 bridgehead atoms. The van der Waals surface area contributed by atoms with Gasteiger partial charge in [0.2, 0.25) is 5.89 Å². The van der Waals surface area contributed by atoms with Gasteiger partial charge in [-0.1, -0.05) is 19.0 Å². The Labute approximate surface area is 120 Å². The standard InChI is InChI=1S/C15H25N3O2/c1-10(2)15-17-14(18-20-15)12-7-5-11(6-8-12)13(19)4-3-9-16/h10-12H,3-9,16H2,1-2H3. The molecule has 0 atom stereocenters. The molecule has 5 heteroatoms. The number of aromatic nitrogens is 2. The fraction of sp³-hybridized carbons (Fsp3) is 0.800. The second-order valence-electron chi connectivity index (χ2n) is 6.05. The molecule has 2 rings (SSSR count). The number of hydrogen-bond acceptors (Lipinski definition) is 5. The topological polar surface area (TPSA) is 82.0 Å². The molecule has 0 saturated heterocycles. The molecule has 0 aliphatic heterocycles. The van der Waals surface area contributed by atoms with Gasteiger partial charge < -0.3 is 10.3 Å². The maximum Gasteiger partial charge on any atom is 0.229 e. The molecule has 0 unspecified atom stereocenters. The van der Waals surface area contributed by atoms with E-state index in [0.717, 1.165) is 37.9 Å². The minimum absolute atomic E-state index is 0.217. The molecule has 1 aromatic rings. The number of hydrogen-bond donors (Lipinski definition) is 1. The van der Waals surface area contributed by atoms with Crippen molar-refractivity contribution < 1.29 is 9.32 Å². The Kier molecular flexibility index (Phi) is 5.29. The Morgan fingerprint density at radius 3 is 2.60 bits per heavy atom. The Balaban J connectivity index is 1.85. The molecule has 1 saturated carbocycles. The monoisotopic (exact) mass is 279 g/mol. The summed E-state index contributed by atoms with van der Waals surface area (Å²) in [6.45, 7) is 4.69. The van der Waals surface area contributed by atoms with Gasteiger partial charge in [0.05, 0.1) is 0 Å². The summed E-state index contributed by atoms with van der Waals surface area (Å²) in [5.41, 5.74) is 5.45. The zero-order valence-corrected chi connectivity index (χ0v) is 12.5. The van der Waals surface area contributed by atoms with Gasteiger partial charge in [-0.05, 0) is 38.6 Å². The van der Waals surface area contributed by atoms with Crippen molar-refractivity contribution in [3.63, 3.8) is 0 Å². The van der Waals surface area contributed by atoms with Gasteiger partial charge in [-0.3, -0.25) is 4.79 Å². The number of ketones is 1. The minimum Gasteiger partial charge on any atom is -0.339 e. The first-order valence-corrected chi connectivity index (χ1v) is 7.68. The summed E-state index contributed by atoms with van der Waals surface area (Å²) in [5.74, 6) is 2.75. The van der Waals surface area contributed by atoms with Gasteiger partial charge in [-0.2, -0.15) is 4.98 Å². The van der Waals surface area contributed by atoms with E-state index in [-0.39, 0.29) is 11.8 Å². The summed E-state index contributed by atoms with van der Waals surface area (Å²) in [6.07, 6.45) is 5.29. The van der Waals surface area contributed by atoms with E-state index >= 15 is 0 Å². The average molecular weight is 279 g/mol. The summed E-state index contributed by atoms with van der Waals surface area (Å²) in [7, 11) is 0. The largest absolute Gasteiger partial charge is 0.339 e. The van der Waals surface area contributed by atoms with Crippen LogP contribution in [0.4, 0.5) is 0 Å². The van der Waals surface area contributed by atoms with E-state index < -0.39 is 0 Å². The van der Waals surface area contributed by atoms with Crippen LogP contribution in [0.15, 0.2) is 4.52 Å². The van der Waals surface area contributed by atoms with Crippen LogP contribution in [0.5, 0.6) is 0 Å². The zero-order chi connectivity index (χ0) is 14.5. The highest BCUT2D eigenvalue weighted by Gasteiger charge is 2.29. The molecule has 0 aromatic carbocycles. The first kappa shape index (κ1) is 15.2. The number of rotatable bonds is 6. The molecule has 1 heterocycles. The number of nitrogens with zero attached hydrogens (tertiary/aromatic N) is 2. The van der Waals surface area contributed by atoms with E-state index in [0.29, 0.717) is 30.6 Å². The predicted molar refractivity (Wildman–Crippen MR) is 76.4 cm³/mol. The minimum atomic E-state index is 0.217. The molecular formula is C15H25N3O2. The lowest BCUT2D eigenvalue weighted by molar-refractivity contribution is -0.123. The third kappa shape index (κ3) is 3.66. The van der Waals surface area contributed by atoms with E-state index in [1.165, 1.54) is 0 Å². The SMILES string of the molecule is CC(C)c1nc(C2CCC(C(=O)CCCN)CC2)no1. The van der Waals surface area contributed by atoms with Crippen LogP contribution >= 0.6 is 0 Å². The van der Waals surface area contributed by atoms with Gasteiger partial charge in [-0.25, -0.2) is 0 Å². The fourth-order valence-electron chi connectivity index (χ4n) is 2.80. The molecule has 1 aliphatic rings. The molecule has 20 heavy (non-hydrogen) atoms. The van der Waals surface area contributed by atoms with Crippen molar-refractivity contribution in [2.24, 2.45) is 11.7 Å². The van der Waals surface area contributed by atoms with Crippen molar-refractivity contribution >= 4 is 5.78 Å². The highest BCUT2D eigenvalue weighted by molar-refractivity contribution is 5.81. The Bertz CT molecular complexity index is 434. The van der Waals surface area contributed by atoms with Crippen LogP contribution in [0.3, 0.4) is 0 Å².